The second-order valence-electron chi connectivity index (χ2n) is 4.55. The summed E-state index contributed by atoms with van der Waals surface area (Å²) in [7, 11) is -3.98. The minimum Gasteiger partial charge on any atom is -0.272 e. The maximum atomic E-state index is 13.4. The van der Waals surface area contributed by atoms with E-state index >= 15 is 0 Å². The third-order valence-electron chi connectivity index (χ3n) is 2.81. The Hall–Kier alpha value is -1.80. The summed E-state index contributed by atoms with van der Waals surface area (Å²) >= 11 is 0. The lowest BCUT2D eigenvalue weighted by molar-refractivity contribution is 0.534. The number of rotatable bonds is 6. The summed E-state index contributed by atoms with van der Waals surface area (Å²) in [5.41, 5.74) is 0.879. The first kappa shape index (κ1) is 15.6. The number of aromatic nitrogens is 2. The molecule has 0 amide bonds. The molecule has 0 bridgehead atoms. The molecule has 0 aliphatic carbocycles. The Morgan fingerprint density at radius 3 is 2.67 bits per heavy atom. The zero-order valence-electron chi connectivity index (χ0n) is 11.4. The number of hydrogen-bond donors (Lipinski definition) is 1. The summed E-state index contributed by atoms with van der Waals surface area (Å²) in [6.45, 7) is 2.54. The van der Waals surface area contributed by atoms with Crippen molar-refractivity contribution >= 4 is 10.0 Å². The lowest BCUT2D eigenvalue weighted by Crippen LogP contribution is -2.26. The lowest BCUT2D eigenvalue weighted by Gasteiger charge is -2.08. The maximum absolute atomic E-state index is 13.4. The van der Waals surface area contributed by atoms with Gasteiger partial charge in [0.2, 0.25) is 10.0 Å². The zero-order chi connectivity index (χ0) is 15.5. The molecular formula is C13H15F2N3O2S. The van der Waals surface area contributed by atoms with Gasteiger partial charge in [0.05, 0.1) is 5.69 Å². The van der Waals surface area contributed by atoms with Gasteiger partial charge in [-0.15, -0.1) is 0 Å². The number of nitrogens with zero attached hydrogens (tertiary/aromatic N) is 2. The van der Waals surface area contributed by atoms with E-state index in [1.807, 2.05) is 13.0 Å². The molecule has 0 atom stereocenters. The van der Waals surface area contributed by atoms with E-state index in [1.54, 1.807) is 10.9 Å². The van der Waals surface area contributed by atoms with Crippen molar-refractivity contribution in [2.75, 3.05) is 6.54 Å². The van der Waals surface area contributed by atoms with Crippen LogP contribution in [0, 0.1) is 18.6 Å². The fourth-order valence-corrected chi connectivity index (χ4v) is 2.94. The van der Waals surface area contributed by atoms with Crippen molar-refractivity contribution in [3.63, 3.8) is 0 Å². The number of aryl methyl sites for hydroxylation is 2. The molecule has 0 saturated heterocycles. The fraction of sp³-hybridized carbons (Fsp3) is 0.308. The van der Waals surface area contributed by atoms with Crippen LogP contribution in [0.5, 0.6) is 0 Å². The third kappa shape index (κ3) is 4.08. The van der Waals surface area contributed by atoms with Crippen molar-refractivity contribution in [1.29, 1.82) is 0 Å². The highest BCUT2D eigenvalue weighted by molar-refractivity contribution is 7.89. The first-order chi connectivity index (χ1) is 9.88. The van der Waals surface area contributed by atoms with Crippen molar-refractivity contribution in [1.82, 2.24) is 14.5 Å². The highest BCUT2D eigenvalue weighted by Crippen LogP contribution is 2.15. The molecule has 0 aliphatic heterocycles. The van der Waals surface area contributed by atoms with Crippen molar-refractivity contribution in [3.05, 3.63) is 47.8 Å². The van der Waals surface area contributed by atoms with Gasteiger partial charge in [-0.2, -0.15) is 5.10 Å². The first-order valence-corrected chi connectivity index (χ1v) is 7.81. The highest BCUT2D eigenvalue weighted by Gasteiger charge is 2.18. The van der Waals surface area contributed by atoms with Gasteiger partial charge in [-0.05, 0) is 31.5 Å². The van der Waals surface area contributed by atoms with E-state index in [2.05, 4.69) is 9.82 Å². The second-order valence-corrected chi connectivity index (χ2v) is 6.28. The number of sulfonamides is 1. The van der Waals surface area contributed by atoms with E-state index in [-0.39, 0.29) is 6.54 Å². The molecule has 114 valence electrons. The molecule has 21 heavy (non-hydrogen) atoms. The molecule has 0 spiro atoms. The van der Waals surface area contributed by atoms with Gasteiger partial charge in [-0.3, -0.25) is 4.68 Å². The summed E-state index contributed by atoms with van der Waals surface area (Å²) in [6, 6.07) is 4.20. The van der Waals surface area contributed by atoms with E-state index in [0.29, 0.717) is 19.0 Å². The van der Waals surface area contributed by atoms with E-state index in [4.69, 9.17) is 0 Å². The zero-order valence-corrected chi connectivity index (χ0v) is 12.2. The molecule has 0 aliphatic rings. The average molecular weight is 315 g/mol. The van der Waals surface area contributed by atoms with Gasteiger partial charge in [0.15, 0.2) is 0 Å². The van der Waals surface area contributed by atoms with Crippen LogP contribution in [0.2, 0.25) is 0 Å². The number of hydrogen-bond acceptors (Lipinski definition) is 3. The van der Waals surface area contributed by atoms with Crippen LogP contribution in [0.25, 0.3) is 0 Å². The predicted molar refractivity (Wildman–Crippen MR) is 73.1 cm³/mol. The fourth-order valence-electron chi connectivity index (χ4n) is 1.81. The molecule has 2 aromatic rings. The monoisotopic (exact) mass is 315 g/mol. The molecule has 0 fully saturated rings. The molecular weight excluding hydrogens is 300 g/mol. The standard InChI is InChI=1S/C13H15F2N3O2S/c1-10-5-8-18(17-10)7-2-6-16-21(19,20)13-4-3-11(14)9-12(13)15/h3-5,8-9,16H,2,6-7H2,1H3. The van der Waals surface area contributed by atoms with Gasteiger partial charge in [0, 0.05) is 25.4 Å². The predicted octanol–water partition coefficient (Wildman–Crippen LogP) is 1.84. The Labute approximate surface area is 121 Å². The van der Waals surface area contributed by atoms with Crippen LogP contribution in [0.4, 0.5) is 8.78 Å². The van der Waals surface area contributed by atoms with Gasteiger partial charge >= 0.3 is 0 Å². The summed E-state index contributed by atoms with van der Waals surface area (Å²) in [4.78, 5) is -0.557. The van der Waals surface area contributed by atoms with E-state index in [0.717, 1.165) is 17.8 Å². The highest BCUT2D eigenvalue weighted by atomic mass is 32.2. The van der Waals surface area contributed by atoms with Crippen LogP contribution in [0.15, 0.2) is 35.4 Å². The Morgan fingerprint density at radius 1 is 1.29 bits per heavy atom. The molecule has 0 saturated carbocycles. The smallest absolute Gasteiger partial charge is 0.243 e. The van der Waals surface area contributed by atoms with E-state index in [9.17, 15) is 17.2 Å². The Bertz CT molecular complexity index is 729. The Morgan fingerprint density at radius 2 is 2.05 bits per heavy atom. The lowest BCUT2D eigenvalue weighted by atomic mass is 10.3. The molecule has 1 aromatic heterocycles. The van der Waals surface area contributed by atoms with Gasteiger partial charge in [0.25, 0.3) is 0 Å². The summed E-state index contributed by atoms with van der Waals surface area (Å²) in [5.74, 6) is -1.93. The molecule has 5 nitrogen and oxygen atoms in total. The van der Waals surface area contributed by atoms with Crippen LogP contribution >= 0.6 is 0 Å². The molecule has 1 aromatic carbocycles. The van der Waals surface area contributed by atoms with Crippen LogP contribution in [0.1, 0.15) is 12.1 Å². The number of nitrogens with one attached hydrogen (secondary N) is 1. The third-order valence-corrected chi connectivity index (χ3v) is 4.31. The summed E-state index contributed by atoms with van der Waals surface area (Å²) < 4.78 is 54.0. The molecule has 0 unspecified atom stereocenters. The molecule has 8 heteroatoms. The van der Waals surface area contributed by atoms with Gasteiger partial charge in [0.1, 0.15) is 16.5 Å². The summed E-state index contributed by atoms with van der Waals surface area (Å²) in [6.07, 6.45) is 2.30. The normalized spacial score (nSPS) is 11.8. The maximum Gasteiger partial charge on any atom is 0.243 e. The van der Waals surface area contributed by atoms with Crippen molar-refractivity contribution < 1.29 is 17.2 Å². The summed E-state index contributed by atoms with van der Waals surface area (Å²) in [5, 5.41) is 4.16. The molecule has 0 radical (unpaired) electrons. The van der Waals surface area contributed by atoms with Crippen LogP contribution in [-0.2, 0) is 16.6 Å². The van der Waals surface area contributed by atoms with Gasteiger partial charge < -0.3 is 0 Å². The quantitative estimate of drug-likeness (QED) is 0.827. The Balaban J connectivity index is 1.92. The van der Waals surface area contributed by atoms with Crippen molar-refractivity contribution in [3.8, 4) is 0 Å². The number of halogens is 2. The van der Waals surface area contributed by atoms with Crippen LogP contribution < -0.4 is 4.72 Å². The molecule has 2 rings (SSSR count). The minimum atomic E-state index is -3.98. The first-order valence-electron chi connectivity index (χ1n) is 6.33. The second kappa shape index (κ2) is 6.31. The molecule has 1 N–H and O–H groups in total. The van der Waals surface area contributed by atoms with E-state index in [1.165, 1.54) is 0 Å². The minimum absolute atomic E-state index is 0.137. The number of benzene rings is 1. The average Bonchev–Trinajstić information content (AvgIpc) is 2.80. The van der Waals surface area contributed by atoms with Gasteiger partial charge in [-0.1, -0.05) is 0 Å². The largest absolute Gasteiger partial charge is 0.272 e. The van der Waals surface area contributed by atoms with Crippen molar-refractivity contribution in [2.24, 2.45) is 0 Å². The van der Waals surface area contributed by atoms with Crippen molar-refractivity contribution in [2.45, 2.75) is 24.8 Å². The molecule has 1 heterocycles. The van der Waals surface area contributed by atoms with Crippen LogP contribution in [-0.4, -0.2) is 24.7 Å². The van der Waals surface area contributed by atoms with E-state index < -0.39 is 26.6 Å². The van der Waals surface area contributed by atoms with Crippen LogP contribution in [0.3, 0.4) is 0 Å². The Kier molecular flexibility index (Phi) is 4.69. The topological polar surface area (TPSA) is 64.0 Å². The van der Waals surface area contributed by atoms with Gasteiger partial charge in [-0.25, -0.2) is 21.9 Å². The SMILES string of the molecule is Cc1ccn(CCCNS(=O)(=O)c2ccc(F)cc2F)n1.